The van der Waals surface area contributed by atoms with Crippen molar-refractivity contribution in [3.8, 4) is 0 Å². The lowest BCUT2D eigenvalue weighted by Gasteiger charge is -2.32. The Morgan fingerprint density at radius 3 is 2.42 bits per heavy atom. The number of amides is 3. The second-order valence-corrected chi connectivity index (χ2v) is 8.12. The van der Waals surface area contributed by atoms with Crippen molar-refractivity contribution >= 4 is 23.6 Å². The average Bonchev–Trinajstić information content (AvgIpc) is 3.23. The van der Waals surface area contributed by atoms with E-state index in [0.29, 0.717) is 13.0 Å². The minimum Gasteiger partial charge on any atom is -0.330 e. The molecule has 0 radical (unpaired) electrons. The molecule has 5 rings (SSSR count). The van der Waals surface area contributed by atoms with E-state index in [4.69, 9.17) is 0 Å². The van der Waals surface area contributed by atoms with Gasteiger partial charge in [-0.3, -0.25) is 9.69 Å². The van der Waals surface area contributed by atoms with Crippen molar-refractivity contribution in [1.29, 1.82) is 0 Å². The van der Waals surface area contributed by atoms with Crippen LogP contribution in [0, 0.1) is 0 Å². The SMILES string of the molecule is O=C1CC(c2ccccc2C2=Cc3ccccc3C2)NC(=O)N1CCc1ccccc1. The van der Waals surface area contributed by atoms with Gasteiger partial charge in [0.2, 0.25) is 5.91 Å². The van der Waals surface area contributed by atoms with Gasteiger partial charge in [-0.15, -0.1) is 0 Å². The fraction of sp³-hybridized carbons (Fsp3) is 0.185. The monoisotopic (exact) mass is 408 g/mol. The molecule has 154 valence electrons. The molecule has 3 amide bonds. The number of urea groups is 1. The second-order valence-electron chi connectivity index (χ2n) is 8.12. The third kappa shape index (κ3) is 3.89. The number of hydrogen-bond donors (Lipinski definition) is 1. The van der Waals surface area contributed by atoms with E-state index < -0.39 is 0 Å². The molecule has 1 aliphatic carbocycles. The Kier molecular flexibility index (Phi) is 5.13. The van der Waals surface area contributed by atoms with E-state index in [9.17, 15) is 9.59 Å². The highest BCUT2D eigenvalue weighted by Crippen LogP contribution is 2.36. The lowest BCUT2D eigenvalue weighted by molar-refractivity contribution is -0.130. The van der Waals surface area contributed by atoms with Crippen LogP contribution in [0.5, 0.6) is 0 Å². The van der Waals surface area contributed by atoms with E-state index in [-0.39, 0.29) is 24.4 Å². The Morgan fingerprint density at radius 2 is 1.61 bits per heavy atom. The maximum Gasteiger partial charge on any atom is 0.324 e. The van der Waals surface area contributed by atoms with Gasteiger partial charge in [-0.1, -0.05) is 84.9 Å². The molecule has 1 fully saturated rings. The molecule has 2 aliphatic rings. The van der Waals surface area contributed by atoms with Crippen LogP contribution < -0.4 is 5.32 Å². The third-order valence-corrected chi connectivity index (χ3v) is 6.14. The van der Waals surface area contributed by atoms with E-state index in [2.05, 4.69) is 35.7 Å². The predicted molar refractivity (Wildman–Crippen MR) is 122 cm³/mol. The molecule has 0 aromatic heterocycles. The van der Waals surface area contributed by atoms with Crippen LogP contribution >= 0.6 is 0 Å². The van der Waals surface area contributed by atoms with Gasteiger partial charge >= 0.3 is 6.03 Å². The van der Waals surface area contributed by atoms with Gasteiger partial charge in [-0.05, 0) is 46.2 Å². The van der Waals surface area contributed by atoms with Crippen molar-refractivity contribution in [2.75, 3.05) is 6.54 Å². The first-order chi connectivity index (χ1) is 15.2. The van der Waals surface area contributed by atoms with Crippen molar-refractivity contribution in [3.63, 3.8) is 0 Å². The van der Waals surface area contributed by atoms with Gasteiger partial charge in [-0.2, -0.15) is 0 Å². The number of nitrogens with zero attached hydrogens (tertiary/aromatic N) is 1. The normalized spacial score (nSPS) is 17.9. The maximum absolute atomic E-state index is 12.9. The summed E-state index contributed by atoms with van der Waals surface area (Å²) in [5, 5.41) is 3.07. The number of hydrogen-bond acceptors (Lipinski definition) is 2. The summed E-state index contributed by atoms with van der Waals surface area (Å²) in [5.41, 5.74) is 7.00. The third-order valence-electron chi connectivity index (χ3n) is 6.14. The highest BCUT2D eigenvalue weighted by atomic mass is 16.2. The molecule has 0 spiro atoms. The van der Waals surface area contributed by atoms with Gasteiger partial charge in [0.25, 0.3) is 0 Å². The topological polar surface area (TPSA) is 49.4 Å². The lowest BCUT2D eigenvalue weighted by Crippen LogP contribution is -2.52. The number of nitrogens with one attached hydrogen (secondary N) is 1. The molecule has 4 nitrogen and oxygen atoms in total. The number of rotatable bonds is 5. The largest absolute Gasteiger partial charge is 0.330 e. The Hall–Kier alpha value is -3.66. The average molecular weight is 409 g/mol. The van der Waals surface area contributed by atoms with Gasteiger partial charge in [0.1, 0.15) is 0 Å². The van der Waals surface area contributed by atoms with Crippen LogP contribution in [0.4, 0.5) is 4.79 Å². The summed E-state index contributed by atoms with van der Waals surface area (Å²) in [4.78, 5) is 27.0. The van der Waals surface area contributed by atoms with Crippen LogP contribution in [0.2, 0.25) is 0 Å². The van der Waals surface area contributed by atoms with Crippen LogP contribution in [0.1, 0.15) is 40.3 Å². The van der Waals surface area contributed by atoms with Crippen LogP contribution in [-0.2, 0) is 17.6 Å². The molecule has 1 N–H and O–H groups in total. The van der Waals surface area contributed by atoms with Crippen molar-refractivity contribution in [3.05, 3.63) is 107 Å². The van der Waals surface area contributed by atoms with Crippen molar-refractivity contribution in [2.45, 2.75) is 25.3 Å². The standard InChI is InChI=1S/C27H24N2O2/c30-26-18-25(28-27(31)29(26)15-14-19-8-2-1-3-9-19)24-13-7-6-12-23(24)22-16-20-10-4-5-11-21(20)17-22/h1-13,16,25H,14-15,17-18H2,(H,28,31). The van der Waals surface area contributed by atoms with Crippen LogP contribution in [0.15, 0.2) is 78.9 Å². The molecule has 1 unspecified atom stereocenters. The van der Waals surface area contributed by atoms with Crippen molar-refractivity contribution < 1.29 is 9.59 Å². The molecule has 1 atom stereocenters. The van der Waals surface area contributed by atoms with Crippen LogP contribution in [-0.4, -0.2) is 23.4 Å². The summed E-state index contributed by atoms with van der Waals surface area (Å²) in [6.45, 7) is 0.392. The first kappa shape index (κ1) is 19.3. The van der Waals surface area contributed by atoms with Crippen LogP contribution in [0.25, 0.3) is 11.6 Å². The Balaban J connectivity index is 1.34. The predicted octanol–water partition coefficient (Wildman–Crippen LogP) is 5.01. The smallest absolute Gasteiger partial charge is 0.324 e. The van der Waals surface area contributed by atoms with E-state index in [0.717, 1.165) is 23.1 Å². The minimum absolute atomic E-state index is 0.122. The molecule has 0 bridgehead atoms. The molecular formula is C27H24N2O2. The molecule has 1 saturated heterocycles. The zero-order valence-electron chi connectivity index (χ0n) is 17.3. The molecule has 31 heavy (non-hydrogen) atoms. The fourth-order valence-electron chi connectivity index (χ4n) is 4.52. The maximum atomic E-state index is 12.9. The highest BCUT2D eigenvalue weighted by Gasteiger charge is 2.33. The second kappa shape index (κ2) is 8.23. The Labute approximate surface area is 182 Å². The van der Waals surface area contributed by atoms with Gasteiger partial charge in [0.15, 0.2) is 0 Å². The molecule has 0 saturated carbocycles. The number of allylic oxidation sites excluding steroid dienone is 1. The molecule has 4 heteroatoms. The first-order valence-electron chi connectivity index (χ1n) is 10.7. The molecular weight excluding hydrogens is 384 g/mol. The summed E-state index contributed by atoms with van der Waals surface area (Å²) in [7, 11) is 0. The Morgan fingerprint density at radius 1 is 0.871 bits per heavy atom. The Bertz CT molecular complexity index is 1150. The van der Waals surface area contributed by atoms with Gasteiger partial charge in [0, 0.05) is 6.54 Å². The first-order valence-corrected chi connectivity index (χ1v) is 10.7. The molecule has 3 aromatic carbocycles. The number of carbonyl (C=O) groups excluding carboxylic acids is 2. The summed E-state index contributed by atoms with van der Waals surface area (Å²) in [6, 6.07) is 25.8. The molecule has 3 aromatic rings. The summed E-state index contributed by atoms with van der Waals surface area (Å²) >= 11 is 0. The zero-order valence-corrected chi connectivity index (χ0v) is 17.3. The van der Waals surface area contributed by atoms with Gasteiger partial charge < -0.3 is 5.32 Å². The number of imide groups is 1. The van der Waals surface area contributed by atoms with E-state index >= 15 is 0 Å². The summed E-state index contributed by atoms with van der Waals surface area (Å²) in [5.74, 6) is -0.122. The number of fused-ring (bicyclic) bond motifs is 1. The van der Waals surface area contributed by atoms with Gasteiger partial charge in [-0.25, -0.2) is 4.79 Å². The molecule has 1 aliphatic heterocycles. The van der Waals surface area contributed by atoms with Crippen molar-refractivity contribution in [1.82, 2.24) is 10.2 Å². The summed E-state index contributed by atoms with van der Waals surface area (Å²) in [6.07, 6.45) is 4.02. The van der Waals surface area contributed by atoms with Crippen molar-refractivity contribution in [2.24, 2.45) is 0 Å². The number of benzene rings is 3. The minimum atomic E-state index is -0.311. The quantitative estimate of drug-likeness (QED) is 0.645. The van der Waals surface area contributed by atoms with Crippen LogP contribution in [0.3, 0.4) is 0 Å². The zero-order chi connectivity index (χ0) is 21.2. The number of carbonyl (C=O) groups is 2. The van der Waals surface area contributed by atoms with E-state index in [1.807, 2.05) is 54.6 Å². The van der Waals surface area contributed by atoms with E-state index in [1.54, 1.807) is 0 Å². The summed E-state index contributed by atoms with van der Waals surface area (Å²) < 4.78 is 0. The fourth-order valence-corrected chi connectivity index (χ4v) is 4.52. The highest BCUT2D eigenvalue weighted by molar-refractivity contribution is 5.98. The van der Waals surface area contributed by atoms with E-state index in [1.165, 1.54) is 21.6 Å². The van der Waals surface area contributed by atoms with Gasteiger partial charge in [0.05, 0.1) is 12.5 Å². The molecule has 1 heterocycles. The lowest BCUT2D eigenvalue weighted by atomic mass is 9.91.